The lowest BCUT2D eigenvalue weighted by molar-refractivity contribution is 0.0637. The number of hydrogen-bond acceptors (Lipinski definition) is 4. The highest BCUT2D eigenvalue weighted by Gasteiger charge is 2.28. The van der Waals surface area contributed by atoms with Crippen molar-refractivity contribution in [1.29, 1.82) is 0 Å². The van der Waals surface area contributed by atoms with E-state index >= 15 is 0 Å². The largest absolute Gasteiger partial charge is 0.336 e. The van der Waals surface area contributed by atoms with Crippen molar-refractivity contribution in [3.05, 3.63) is 66.0 Å². The van der Waals surface area contributed by atoms with Crippen molar-refractivity contribution in [2.75, 3.05) is 27.2 Å². The molecule has 0 radical (unpaired) electrons. The molecule has 1 aliphatic rings. The molecule has 1 atom stereocenters. The molecule has 1 aliphatic heterocycles. The molecular weight excluding hydrogens is 362 g/mol. The standard InChI is InChI=1S/C23H27N5O/c1-17-22(23(29)27(3)21-10-7-15-26(2)16-21)24-25-28(17)20-13-11-19(12-14-20)18-8-5-4-6-9-18/h4-6,8-9,11-14,21H,7,10,15-16H2,1-3H3. The zero-order valence-electron chi connectivity index (χ0n) is 17.2. The molecule has 1 fully saturated rings. The average Bonchev–Trinajstić information content (AvgIpc) is 3.14. The summed E-state index contributed by atoms with van der Waals surface area (Å²) in [6.07, 6.45) is 2.14. The molecule has 1 amide bonds. The number of piperidine rings is 1. The first-order valence-electron chi connectivity index (χ1n) is 10.1. The molecule has 0 aliphatic carbocycles. The van der Waals surface area contributed by atoms with Gasteiger partial charge in [0.05, 0.1) is 11.4 Å². The summed E-state index contributed by atoms with van der Waals surface area (Å²) in [5, 5.41) is 8.48. The number of likely N-dealkylation sites (tertiary alicyclic amines) is 1. The Morgan fingerprint density at radius 3 is 2.45 bits per heavy atom. The van der Waals surface area contributed by atoms with Crippen LogP contribution in [0.15, 0.2) is 54.6 Å². The van der Waals surface area contributed by atoms with E-state index in [1.165, 1.54) is 5.56 Å². The normalized spacial score (nSPS) is 17.3. The fourth-order valence-corrected chi connectivity index (χ4v) is 3.99. The van der Waals surface area contributed by atoms with Gasteiger partial charge in [-0.05, 0) is 56.6 Å². The number of carbonyl (C=O) groups is 1. The van der Waals surface area contributed by atoms with Crippen LogP contribution in [0.5, 0.6) is 0 Å². The first-order valence-corrected chi connectivity index (χ1v) is 10.1. The van der Waals surface area contributed by atoms with E-state index in [0.717, 1.165) is 42.9 Å². The van der Waals surface area contributed by atoms with Crippen LogP contribution < -0.4 is 0 Å². The van der Waals surface area contributed by atoms with E-state index in [1.54, 1.807) is 4.68 Å². The smallest absolute Gasteiger partial charge is 0.276 e. The molecule has 0 N–H and O–H groups in total. The predicted molar refractivity (Wildman–Crippen MR) is 114 cm³/mol. The molecule has 29 heavy (non-hydrogen) atoms. The number of nitrogens with zero attached hydrogens (tertiary/aromatic N) is 5. The Kier molecular flexibility index (Phi) is 5.45. The minimum Gasteiger partial charge on any atom is -0.336 e. The molecule has 1 unspecified atom stereocenters. The van der Waals surface area contributed by atoms with Crippen LogP contribution in [0.1, 0.15) is 29.0 Å². The molecule has 3 aromatic rings. The van der Waals surface area contributed by atoms with Gasteiger partial charge in [0.15, 0.2) is 5.69 Å². The molecular formula is C23H27N5O. The van der Waals surface area contributed by atoms with Gasteiger partial charge in [-0.15, -0.1) is 5.10 Å². The Labute approximate surface area is 171 Å². The maximum atomic E-state index is 13.0. The number of rotatable bonds is 4. The lowest BCUT2D eigenvalue weighted by atomic mass is 10.0. The van der Waals surface area contributed by atoms with Crippen LogP contribution in [0.3, 0.4) is 0 Å². The first kappa shape index (κ1) is 19.3. The second kappa shape index (κ2) is 8.17. The van der Waals surface area contributed by atoms with E-state index in [2.05, 4.69) is 46.5 Å². The number of benzene rings is 2. The second-order valence-corrected chi connectivity index (χ2v) is 7.82. The van der Waals surface area contributed by atoms with Gasteiger partial charge in [0.2, 0.25) is 0 Å². The van der Waals surface area contributed by atoms with Crippen molar-refractivity contribution in [1.82, 2.24) is 24.8 Å². The van der Waals surface area contributed by atoms with E-state index in [9.17, 15) is 4.79 Å². The molecule has 150 valence electrons. The molecule has 4 rings (SSSR count). The quantitative estimate of drug-likeness (QED) is 0.686. The lowest BCUT2D eigenvalue weighted by Crippen LogP contribution is -2.47. The molecule has 6 heteroatoms. The Morgan fingerprint density at radius 1 is 1.07 bits per heavy atom. The fourth-order valence-electron chi connectivity index (χ4n) is 3.99. The summed E-state index contributed by atoms with van der Waals surface area (Å²) in [7, 11) is 3.98. The maximum Gasteiger partial charge on any atom is 0.276 e. The fraction of sp³-hybridized carbons (Fsp3) is 0.348. The predicted octanol–water partition coefficient (Wildman–Crippen LogP) is 3.41. The molecule has 0 saturated carbocycles. The van der Waals surface area contributed by atoms with Gasteiger partial charge < -0.3 is 9.80 Å². The summed E-state index contributed by atoms with van der Waals surface area (Å²) < 4.78 is 1.74. The van der Waals surface area contributed by atoms with Crippen molar-refractivity contribution in [2.45, 2.75) is 25.8 Å². The summed E-state index contributed by atoms with van der Waals surface area (Å²) in [6, 6.07) is 18.6. The molecule has 2 heterocycles. The summed E-state index contributed by atoms with van der Waals surface area (Å²) in [6.45, 7) is 3.89. The van der Waals surface area contributed by atoms with Crippen LogP contribution >= 0.6 is 0 Å². The minimum absolute atomic E-state index is 0.0602. The van der Waals surface area contributed by atoms with Gasteiger partial charge in [-0.2, -0.15) is 0 Å². The van der Waals surface area contributed by atoms with Crippen molar-refractivity contribution in [2.24, 2.45) is 0 Å². The highest BCUT2D eigenvalue weighted by molar-refractivity contribution is 5.93. The summed E-state index contributed by atoms with van der Waals surface area (Å²) in [4.78, 5) is 17.1. The van der Waals surface area contributed by atoms with Gasteiger partial charge in [0.25, 0.3) is 5.91 Å². The Balaban J connectivity index is 1.54. The van der Waals surface area contributed by atoms with Crippen molar-refractivity contribution >= 4 is 5.91 Å². The van der Waals surface area contributed by atoms with Crippen molar-refractivity contribution in [3.63, 3.8) is 0 Å². The first-order chi connectivity index (χ1) is 14.0. The third kappa shape index (κ3) is 3.93. The van der Waals surface area contributed by atoms with Crippen LogP contribution in [-0.4, -0.2) is 63.9 Å². The van der Waals surface area contributed by atoms with Crippen molar-refractivity contribution in [3.8, 4) is 16.8 Å². The van der Waals surface area contributed by atoms with Crippen molar-refractivity contribution < 1.29 is 4.79 Å². The SMILES string of the molecule is Cc1c(C(=O)N(C)C2CCCN(C)C2)nnn1-c1ccc(-c2ccccc2)cc1. The van der Waals surface area contributed by atoms with Crippen LogP contribution in [-0.2, 0) is 0 Å². The minimum atomic E-state index is -0.0602. The molecule has 0 spiro atoms. The van der Waals surface area contributed by atoms with E-state index < -0.39 is 0 Å². The third-order valence-corrected chi connectivity index (χ3v) is 5.78. The van der Waals surface area contributed by atoms with Crippen LogP contribution in [0.2, 0.25) is 0 Å². The number of carbonyl (C=O) groups excluding carboxylic acids is 1. The zero-order valence-corrected chi connectivity index (χ0v) is 17.2. The van der Waals surface area contributed by atoms with E-state index in [4.69, 9.17) is 0 Å². The number of aromatic nitrogens is 3. The molecule has 2 aromatic carbocycles. The van der Waals surface area contributed by atoms with Gasteiger partial charge in [0.1, 0.15) is 0 Å². The Morgan fingerprint density at radius 2 is 1.76 bits per heavy atom. The molecule has 1 saturated heterocycles. The van der Waals surface area contributed by atoms with Crippen LogP contribution in [0, 0.1) is 6.92 Å². The summed E-state index contributed by atoms with van der Waals surface area (Å²) >= 11 is 0. The topological polar surface area (TPSA) is 54.3 Å². The van der Waals surface area contributed by atoms with Gasteiger partial charge in [-0.25, -0.2) is 4.68 Å². The average molecular weight is 390 g/mol. The molecule has 6 nitrogen and oxygen atoms in total. The summed E-state index contributed by atoms with van der Waals surface area (Å²) in [5.74, 6) is -0.0602. The Bertz CT molecular complexity index is 980. The van der Waals surface area contributed by atoms with Crippen LogP contribution in [0.25, 0.3) is 16.8 Å². The number of amides is 1. The third-order valence-electron chi connectivity index (χ3n) is 5.78. The second-order valence-electron chi connectivity index (χ2n) is 7.82. The lowest BCUT2D eigenvalue weighted by Gasteiger charge is -2.35. The molecule has 0 bridgehead atoms. The maximum absolute atomic E-state index is 13.0. The van der Waals surface area contributed by atoms with E-state index in [-0.39, 0.29) is 11.9 Å². The monoisotopic (exact) mass is 389 g/mol. The number of hydrogen-bond donors (Lipinski definition) is 0. The number of likely N-dealkylation sites (N-methyl/N-ethyl adjacent to an activating group) is 2. The van der Waals surface area contributed by atoms with Crippen LogP contribution in [0.4, 0.5) is 0 Å². The summed E-state index contributed by atoms with van der Waals surface area (Å²) in [5.41, 5.74) is 4.40. The zero-order chi connectivity index (χ0) is 20.4. The highest BCUT2D eigenvalue weighted by atomic mass is 16.2. The molecule has 1 aromatic heterocycles. The Hall–Kier alpha value is -2.99. The van der Waals surface area contributed by atoms with Gasteiger partial charge in [0, 0.05) is 19.6 Å². The van der Waals surface area contributed by atoms with Gasteiger partial charge in [-0.3, -0.25) is 4.79 Å². The van der Waals surface area contributed by atoms with E-state index in [1.807, 2.05) is 49.2 Å². The van der Waals surface area contributed by atoms with Gasteiger partial charge >= 0.3 is 0 Å². The highest BCUT2D eigenvalue weighted by Crippen LogP contribution is 2.22. The van der Waals surface area contributed by atoms with Gasteiger partial charge in [-0.1, -0.05) is 47.7 Å². The van der Waals surface area contributed by atoms with E-state index in [0.29, 0.717) is 5.69 Å².